The molecule has 2 atom stereocenters. The number of rotatable bonds is 7. The van der Waals surface area contributed by atoms with Gasteiger partial charge in [0.15, 0.2) is 6.29 Å². The number of benzene rings is 1. The van der Waals surface area contributed by atoms with Gasteiger partial charge in [0.05, 0.1) is 0 Å². The van der Waals surface area contributed by atoms with Gasteiger partial charge < -0.3 is 10.8 Å². The summed E-state index contributed by atoms with van der Waals surface area (Å²) in [6, 6.07) is 7.06. The number of nitrogens with two attached hydrogens (primary N) is 1. The van der Waals surface area contributed by atoms with Crippen LogP contribution in [0.3, 0.4) is 0 Å². The molecule has 0 saturated carbocycles. The number of Topliss-reactive ketones (excluding diaryl/α,β-unsaturated/α-hetero) is 1. The van der Waals surface area contributed by atoms with Crippen molar-refractivity contribution >= 4 is 17.9 Å². The molecule has 1 aromatic rings. The number of ketones is 1. The van der Waals surface area contributed by atoms with Crippen molar-refractivity contribution in [3.8, 4) is 0 Å². The number of aliphatic hydroxyl groups excluding tert-OH is 1. The number of carbonyl (C=O) groups is 2. The maximum Gasteiger partial charge on any atom is 0.202 e. The van der Waals surface area contributed by atoms with E-state index in [-0.39, 0.29) is 12.3 Å². The molecule has 19 heavy (non-hydrogen) atoms. The SMILES string of the molecule is CCC(C(=O)C=O)c1ccc(CC(O)C(=N)N)cc1. The Morgan fingerprint density at radius 3 is 2.42 bits per heavy atom. The van der Waals surface area contributed by atoms with E-state index in [1.165, 1.54) is 0 Å². The molecule has 4 N–H and O–H groups in total. The first-order valence-electron chi connectivity index (χ1n) is 6.09. The molecule has 1 rings (SSSR count). The zero-order chi connectivity index (χ0) is 14.4. The van der Waals surface area contributed by atoms with E-state index in [4.69, 9.17) is 11.1 Å². The lowest BCUT2D eigenvalue weighted by molar-refractivity contribution is -0.130. The molecule has 0 aliphatic carbocycles. The molecular weight excluding hydrogens is 244 g/mol. The molecule has 0 bridgehead atoms. The predicted octanol–water partition coefficient (Wildman–Crippen LogP) is 0.788. The number of carbonyl (C=O) groups excluding carboxylic acids is 2. The van der Waals surface area contributed by atoms with Gasteiger partial charge in [-0.15, -0.1) is 0 Å². The fourth-order valence-corrected chi connectivity index (χ4v) is 1.90. The van der Waals surface area contributed by atoms with E-state index in [1.54, 1.807) is 24.3 Å². The fraction of sp³-hybridized carbons (Fsp3) is 0.357. The Morgan fingerprint density at radius 1 is 1.42 bits per heavy atom. The largest absolute Gasteiger partial charge is 0.385 e. The van der Waals surface area contributed by atoms with Gasteiger partial charge in [0.2, 0.25) is 5.78 Å². The molecule has 0 saturated heterocycles. The number of hydrogen-bond acceptors (Lipinski definition) is 4. The van der Waals surface area contributed by atoms with Gasteiger partial charge in [0.25, 0.3) is 0 Å². The van der Waals surface area contributed by atoms with Gasteiger partial charge >= 0.3 is 0 Å². The summed E-state index contributed by atoms with van der Waals surface area (Å²) in [4.78, 5) is 22.0. The molecule has 0 aromatic heterocycles. The first-order chi connectivity index (χ1) is 8.99. The third kappa shape index (κ3) is 3.99. The van der Waals surface area contributed by atoms with Gasteiger partial charge in [-0.05, 0) is 17.5 Å². The maximum absolute atomic E-state index is 11.4. The molecule has 0 radical (unpaired) electrons. The molecule has 2 unspecified atom stereocenters. The van der Waals surface area contributed by atoms with Crippen LogP contribution in [0, 0.1) is 5.41 Å². The van der Waals surface area contributed by atoms with E-state index in [0.717, 1.165) is 11.1 Å². The highest BCUT2D eigenvalue weighted by Crippen LogP contribution is 2.20. The third-order valence-electron chi connectivity index (χ3n) is 3.04. The summed E-state index contributed by atoms with van der Waals surface area (Å²) >= 11 is 0. The van der Waals surface area contributed by atoms with E-state index in [0.29, 0.717) is 12.7 Å². The molecule has 0 amide bonds. The molecule has 5 heteroatoms. The van der Waals surface area contributed by atoms with Gasteiger partial charge in [0, 0.05) is 12.3 Å². The minimum Gasteiger partial charge on any atom is -0.385 e. The number of aldehydes is 1. The van der Waals surface area contributed by atoms with Gasteiger partial charge in [-0.3, -0.25) is 15.0 Å². The second-order valence-corrected chi connectivity index (χ2v) is 4.40. The topological polar surface area (TPSA) is 104 Å². The molecule has 0 aliphatic heterocycles. The van der Waals surface area contributed by atoms with E-state index in [1.807, 2.05) is 6.92 Å². The van der Waals surface area contributed by atoms with Crippen LogP contribution in [0.1, 0.15) is 30.4 Å². The monoisotopic (exact) mass is 262 g/mol. The van der Waals surface area contributed by atoms with Gasteiger partial charge in [0.1, 0.15) is 11.9 Å². The minimum absolute atomic E-state index is 0.258. The Hall–Kier alpha value is -2.01. The van der Waals surface area contributed by atoms with E-state index in [9.17, 15) is 14.7 Å². The van der Waals surface area contributed by atoms with Crippen LogP contribution < -0.4 is 5.73 Å². The second-order valence-electron chi connectivity index (χ2n) is 4.40. The average molecular weight is 262 g/mol. The number of hydrogen-bond donors (Lipinski definition) is 3. The van der Waals surface area contributed by atoms with Crippen LogP contribution in [0.4, 0.5) is 0 Å². The summed E-state index contributed by atoms with van der Waals surface area (Å²) in [5, 5.41) is 16.6. The maximum atomic E-state index is 11.4. The van der Waals surface area contributed by atoms with Crippen LogP contribution in [0.15, 0.2) is 24.3 Å². The standard InChI is InChI=1S/C14H18N2O3/c1-2-11(13(19)8-17)10-5-3-9(4-6-10)7-12(18)14(15)16/h3-6,8,11-12,18H,2,7H2,1H3,(H3,15,16). The zero-order valence-electron chi connectivity index (χ0n) is 10.8. The zero-order valence-corrected chi connectivity index (χ0v) is 10.8. The molecule has 1 aromatic carbocycles. The van der Waals surface area contributed by atoms with Crippen molar-refractivity contribution in [3.63, 3.8) is 0 Å². The Balaban J connectivity index is 2.83. The summed E-state index contributed by atoms with van der Waals surface area (Å²) in [6.07, 6.45) is 0.173. The van der Waals surface area contributed by atoms with Crippen LogP contribution in [0.2, 0.25) is 0 Å². The Bertz CT molecular complexity index is 468. The normalized spacial score (nSPS) is 13.6. The van der Waals surface area contributed by atoms with Crippen LogP contribution in [0.5, 0.6) is 0 Å². The summed E-state index contributed by atoms with van der Waals surface area (Å²) in [5.41, 5.74) is 6.79. The molecule has 0 fully saturated rings. The Kier molecular flexibility index (Phi) is 5.38. The first kappa shape index (κ1) is 15.0. The van der Waals surface area contributed by atoms with Crippen molar-refractivity contribution in [2.45, 2.75) is 31.8 Å². The lowest BCUT2D eigenvalue weighted by Gasteiger charge is -2.13. The van der Waals surface area contributed by atoms with Gasteiger partial charge in [-0.25, -0.2) is 0 Å². The molecule has 0 aliphatic rings. The van der Waals surface area contributed by atoms with Crippen LogP contribution in [-0.2, 0) is 16.0 Å². The number of nitrogens with one attached hydrogen (secondary N) is 1. The summed E-state index contributed by atoms with van der Waals surface area (Å²) < 4.78 is 0. The van der Waals surface area contributed by atoms with Crippen molar-refractivity contribution in [2.75, 3.05) is 0 Å². The first-order valence-corrected chi connectivity index (χ1v) is 6.09. The van der Waals surface area contributed by atoms with Crippen LogP contribution in [-0.4, -0.2) is 29.1 Å². The summed E-state index contributed by atoms with van der Waals surface area (Å²) in [6.45, 7) is 1.85. The average Bonchev–Trinajstić information content (AvgIpc) is 2.41. The number of aliphatic hydroxyl groups is 1. The smallest absolute Gasteiger partial charge is 0.202 e. The van der Waals surface area contributed by atoms with Crippen molar-refractivity contribution in [1.29, 1.82) is 5.41 Å². The molecule has 0 heterocycles. The molecular formula is C14H18N2O3. The van der Waals surface area contributed by atoms with Gasteiger partial charge in [-0.1, -0.05) is 31.2 Å². The molecule has 5 nitrogen and oxygen atoms in total. The Labute approximate surface area is 111 Å². The number of amidine groups is 1. The molecule has 102 valence electrons. The van der Waals surface area contributed by atoms with Crippen LogP contribution >= 0.6 is 0 Å². The lowest BCUT2D eigenvalue weighted by Crippen LogP contribution is -2.29. The van der Waals surface area contributed by atoms with Crippen molar-refractivity contribution in [3.05, 3.63) is 35.4 Å². The molecule has 0 spiro atoms. The van der Waals surface area contributed by atoms with Crippen molar-refractivity contribution in [1.82, 2.24) is 0 Å². The van der Waals surface area contributed by atoms with Crippen molar-refractivity contribution in [2.24, 2.45) is 5.73 Å². The predicted molar refractivity (Wildman–Crippen MR) is 72.2 cm³/mol. The highest BCUT2D eigenvalue weighted by atomic mass is 16.3. The van der Waals surface area contributed by atoms with Crippen molar-refractivity contribution < 1.29 is 14.7 Å². The highest BCUT2D eigenvalue weighted by molar-refractivity contribution is 6.27. The second kappa shape index (κ2) is 6.80. The fourth-order valence-electron chi connectivity index (χ4n) is 1.90. The Morgan fingerprint density at radius 2 is 2.00 bits per heavy atom. The highest BCUT2D eigenvalue weighted by Gasteiger charge is 2.17. The van der Waals surface area contributed by atoms with E-state index < -0.39 is 17.8 Å². The minimum atomic E-state index is -0.996. The van der Waals surface area contributed by atoms with Crippen LogP contribution in [0.25, 0.3) is 0 Å². The quantitative estimate of drug-likeness (QED) is 0.292. The van der Waals surface area contributed by atoms with E-state index in [2.05, 4.69) is 0 Å². The van der Waals surface area contributed by atoms with Gasteiger partial charge in [-0.2, -0.15) is 0 Å². The lowest BCUT2D eigenvalue weighted by atomic mass is 9.91. The summed E-state index contributed by atoms with van der Waals surface area (Å²) in [5.74, 6) is -1.12. The third-order valence-corrected chi connectivity index (χ3v) is 3.04. The van der Waals surface area contributed by atoms with E-state index >= 15 is 0 Å². The summed E-state index contributed by atoms with van der Waals surface area (Å²) in [7, 11) is 0.